The van der Waals surface area contributed by atoms with Crippen LogP contribution in [0.15, 0.2) is 30.5 Å². The third-order valence-corrected chi connectivity index (χ3v) is 7.64. The summed E-state index contributed by atoms with van der Waals surface area (Å²) in [6, 6.07) is 8.54. The molecule has 1 aromatic carbocycles. The summed E-state index contributed by atoms with van der Waals surface area (Å²) in [5, 5.41) is 18.2. The molecule has 7 nitrogen and oxygen atoms in total. The van der Waals surface area contributed by atoms with Gasteiger partial charge in [0.2, 0.25) is 0 Å². The molecule has 1 aliphatic carbocycles. The zero-order chi connectivity index (χ0) is 24.2. The maximum absolute atomic E-state index is 8.75. The van der Waals surface area contributed by atoms with Crippen LogP contribution in [0.4, 0.5) is 5.82 Å². The van der Waals surface area contributed by atoms with Gasteiger partial charge in [0.1, 0.15) is 5.82 Å². The Labute approximate surface area is 198 Å². The van der Waals surface area contributed by atoms with E-state index in [9.17, 15) is 0 Å². The van der Waals surface area contributed by atoms with Gasteiger partial charge < -0.3 is 15.0 Å². The summed E-state index contributed by atoms with van der Waals surface area (Å²) in [4.78, 5) is 2.09. The van der Waals surface area contributed by atoms with Gasteiger partial charge in [-0.05, 0) is 74.1 Å². The summed E-state index contributed by atoms with van der Waals surface area (Å²) in [6.45, 7) is 3.84. The molecule has 33 heavy (non-hydrogen) atoms. The third kappa shape index (κ3) is 4.24. The summed E-state index contributed by atoms with van der Waals surface area (Å²) in [6.07, 6.45) is 6.04. The topological polar surface area (TPSA) is 68.1 Å². The number of aromatic nitrogens is 4. The first-order valence-corrected chi connectivity index (χ1v) is 12.2. The molecular weight excluding hydrogens is 412 g/mol. The molecule has 0 bridgehead atoms. The number of ether oxygens (including phenoxy) is 1. The second kappa shape index (κ2) is 8.69. The molecule has 4 heterocycles. The van der Waals surface area contributed by atoms with Crippen LogP contribution in [0.3, 0.4) is 0 Å². The van der Waals surface area contributed by atoms with E-state index in [0.717, 1.165) is 73.4 Å². The van der Waals surface area contributed by atoms with Crippen molar-refractivity contribution in [2.45, 2.75) is 38.6 Å². The van der Waals surface area contributed by atoms with Gasteiger partial charge in [-0.15, -0.1) is 10.2 Å². The minimum Gasteiger partial charge on any atom is -0.381 e. The minimum absolute atomic E-state index is 0.0136. The number of anilines is 1. The van der Waals surface area contributed by atoms with Crippen molar-refractivity contribution >= 4 is 16.7 Å². The Morgan fingerprint density at radius 1 is 1.15 bits per heavy atom. The van der Waals surface area contributed by atoms with Gasteiger partial charge in [-0.2, -0.15) is 5.10 Å². The fourth-order valence-corrected chi connectivity index (χ4v) is 6.01. The summed E-state index contributed by atoms with van der Waals surface area (Å²) in [7, 11) is 1.94. The number of benzene rings is 1. The number of aryl methyl sites for hydroxylation is 2. The standard InChI is InChI=1S/C26H34N6O/c1-17-22(5-6-25-23(17)15-31(2)30-25)24-7-8-26(29-28-24)27-21-10-19-13-32(14-20(19)11-21)12-18-4-3-9-33-16-18/h5-8,15,18-21H,3-4,9-14,16H2,1-2H3,(H,27,29)/t18-,19?,20?,21?/m1/s1/i12D2. The van der Waals surface area contributed by atoms with Crippen molar-refractivity contribution in [3.63, 3.8) is 0 Å². The van der Waals surface area contributed by atoms with Crippen LogP contribution in [-0.4, -0.2) is 63.7 Å². The highest BCUT2D eigenvalue weighted by Crippen LogP contribution is 2.39. The molecule has 174 valence electrons. The first-order chi connectivity index (χ1) is 16.9. The SMILES string of the molecule is [2H]C([2H])([C@H]1CCCOC1)N1CC2CC(Nc3ccc(-c4ccc5nn(C)cc5c4C)nn3)CC2C1. The molecular formula is C26H34N6O. The van der Waals surface area contributed by atoms with E-state index >= 15 is 0 Å². The molecule has 3 aromatic rings. The maximum atomic E-state index is 8.75. The largest absolute Gasteiger partial charge is 0.381 e. The van der Waals surface area contributed by atoms with Gasteiger partial charge in [-0.1, -0.05) is 6.07 Å². The summed E-state index contributed by atoms with van der Waals surface area (Å²) in [5.74, 6) is 1.87. The van der Waals surface area contributed by atoms with Crippen LogP contribution in [-0.2, 0) is 11.8 Å². The summed E-state index contributed by atoms with van der Waals surface area (Å²) >= 11 is 0. The lowest BCUT2D eigenvalue weighted by Crippen LogP contribution is -2.33. The Balaban J connectivity index is 1.08. The van der Waals surface area contributed by atoms with Crippen LogP contribution < -0.4 is 5.32 Å². The highest BCUT2D eigenvalue weighted by atomic mass is 16.5. The van der Waals surface area contributed by atoms with Gasteiger partial charge in [0.15, 0.2) is 0 Å². The van der Waals surface area contributed by atoms with E-state index in [4.69, 9.17) is 7.48 Å². The van der Waals surface area contributed by atoms with Gasteiger partial charge in [-0.3, -0.25) is 4.68 Å². The highest BCUT2D eigenvalue weighted by Gasteiger charge is 2.41. The fraction of sp³-hybridized carbons (Fsp3) is 0.577. The molecule has 0 radical (unpaired) electrons. The lowest BCUT2D eigenvalue weighted by Gasteiger charge is -2.27. The van der Waals surface area contributed by atoms with E-state index in [0.29, 0.717) is 24.5 Å². The van der Waals surface area contributed by atoms with E-state index in [2.05, 4.69) is 38.5 Å². The summed E-state index contributed by atoms with van der Waals surface area (Å²) < 4.78 is 24.9. The van der Waals surface area contributed by atoms with Crippen molar-refractivity contribution in [2.24, 2.45) is 24.8 Å². The molecule has 2 aromatic heterocycles. The number of hydrogen-bond donors (Lipinski definition) is 1. The Morgan fingerprint density at radius 2 is 2.00 bits per heavy atom. The van der Waals surface area contributed by atoms with Gasteiger partial charge >= 0.3 is 0 Å². The number of nitrogens with one attached hydrogen (secondary N) is 1. The molecule has 1 saturated carbocycles. The Kier molecular flexibility index (Phi) is 4.97. The first kappa shape index (κ1) is 18.9. The van der Waals surface area contributed by atoms with Gasteiger partial charge in [0.05, 0.1) is 17.8 Å². The maximum Gasteiger partial charge on any atom is 0.148 e. The second-order valence-electron chi connectivity index (χ2n) is 10.1. The molecule has 2 aliphatic heterocycles. The first-order valence-electron chi connectivity index (χ1n) is 13.2. The molecule has 3 fully saturated rings. The Bertz CT molecular complexity index is 1190. The summed E-state index contributed by atoms with van der Waals surface area (Å²) in [5.41, 5.74) is 4.10. The van der Waals surface area contributed by atoms with Crippen molar-refractivity contribution in [3.05, 3.63) is 36.0 Å². The minimum atomic E-state index is -1.27. The number of likely N-dealkylation sites (tertiary alicyclic amines) is 1. The number of fused-ring (bicyclic) bond motifs is 2. The zero-order valence-corrected chi connectivity index (χ0v) is 19.5. The van der Waals surface area contributed by atoms with Crippen molar-refractivity contribution in [2.75, 3.05) is 38.1 Å². The molecule has 6 rings (SSSR count). The Hall–Kier alpha value is -2.51. The van der Waals surface area contributed by atoms with Crippen molar-refractivity contribution in [1.29, 1.82) is 0 Å². The molecule has 2 saturated heterocycles. The van der Waals surface area contributed by atoms with Gasteiger partial charge in [0, 0.05) is 59.2 Å². The molecule has 2 unspecified atom stereocenters. The number of hydrogen-bond acceptors (Lipinski definition) is 6. The molecule has 0 amide bonds. The van der Waals surface area contributed by atoms with Gasteiger partial charge in [0.25, 0.3) is 0 Å². The van der Waals surface area contributed by atoms with E-state index in [-0.39, 0.29) is 5.92 Å². The van der Waals surface area contributed by atoms with E-state index in [1.807, 2.05) is 36.1 Å². The van der Waals surface area contributed by atoms with Crippen molar-refractivity contribution in [1.82, 2.24) is 24.9 Å². The molecule has 3 atom stereocenters. The lowest BCUT2D eigenvalue weighted by molar-refractivity contribution is 0.0407. The second-order valence-corrected chi connectivity index (χ2v) is 10.1. The van der Waals surface area contributed by atoms with Crippen LogP contribution in [0.25, 0.3) is 22.2 Å². The van der Waals surface area contributed by atoms with Crippen LogP contribution in [0.5, 0.6) is 0 Å². The number of nitrogens with zero attached hydrogens (tertiary/aromatic N) is 5. The Morgan fingerprint density at radius 3 is 2.73 bits per heavy atom. The fourth-order valence-electron chi connectivity index (χ4n) is 6.01. The van der Waals surface area contributed by atoms with E-state index < -0.39 is 6.50 Å². The quantitative estimate of drug-likeness (QED) is 0.639. The molecule has 0 spiro atoms. The van der Waals surface area contributed by atoms with Crippen LogP contribution >= 0.6 is 0 Å². The number of rotatable bonds is 5. The highest BCUT2D eigenvalue weighted by molar-refractivity contribution is 5.88. The van der Waals surface area contributed by atoms with Crippen molar-refractivity contribution in [3.8, 4) is 11.3 Å². The van der Waals surface area contributed by atoms with E-state index in [1.165, 1.54) is 5.56 Å². The lowest BCUT2D eigenvalue weighted by atomic mass is 10.0. The molecule has 3 aliphatic rings. The molecule has 7 heteroatoms. The molecule has 1 N–H and O–H groups in total. The predicted octanol–water partition coefficient (Wildman–Crippen LogP) is 3.89. The third-order valence-electron chi connectivity index (χ3n) is 7.64. The van der Waals surface area contributed by atoms with Crippen molar-refractivity contribution < 1.29 is 7.48 Å². The van der Waals surface area contributed by atoms with Crippen LogP contribution in [0.1, 0.15) is 34.0 Å². The zero-order valence-electron chi connectivity index (χ0n) is 21.5. The van der Waals surface area contributed by atoms with Crippen LogP contribution in [0, 0.1) is 24.7 Å². The normalized spacial score (nSPS) is 29.2. The predicted molar refractivity (Wildman–Crippen MR) is 130 cm³/mol. The van der Waals surface area contributed by atoms with Gasteiger partial charge in [-0.25, -0.2) is 0 Å². The van der Waals surface area contributed by atoms with E-state index in [1.54, 1.807) is 0 Å². The average Bonchev–Trinajstić information content (AvgIpc) is 3.54. The van der Waals surface area contributed by atoms with Crippen LogP contribution in [0.2, 0.25) is 0 Å². The smallest absolute Gasteiger partial charge is 0.148 e. The average molecular weight is 449 g/mol. The monoisotopic (exact) mass is 448 g/mol.